The van der Waals surface area contributed by atoms with E-state index in [1.807, 2.05) is 0 Å². The summed E-state index contributed by atoms with van der Waals surface area (Å²) in [7, 11) is 0. The Labute approximate surface area is 62.7 Å². The zero-order valence-corrected chi connectivity index (χ0v) is 5.90. The summed E-state index contributed by atoms with van der Waals surface area (Å²) >= 11 is 0. The van der Waals surface area contributed by atoms with Crippen molar-refractivity contribution in [1.82, 2.24) is 25.9 Å². The summed E-state index contributed by atoms with van der Waals surface area (Å²) in [6.07, 6.45) is 2.18. The van der Waals surface area contributed by atoms with Crippen molar-refractivity contribution in [2.45, 2.75) is 6.92 Å². The predicted molar refractivity (Wildman–Crippen MR) is 37.0 cm³/mol. The Kier molecular flexibility index (Phi) is 2.32. The van der Waals surface area contributed by atoms with E-state index >= 15 is 0 Å². The number of tetrazole rings is 1. The molecule has 1 amide bonds. The van der Waals surface area contributed by atoms with Crippen molar-refractivity contribution in [2.75, 3.05) is 0 Å². The molecule has 0 aliphatic carbocycles. The van der Waals surface area contributed by atoms with Crippen LogP contribution in [0.25, 0.3) is 6.08 Å². The summed E-state index contributed by atoms with van der Waals surface area (Å²) in [5.74, 6) is 0.442. The van der Waals surface area contributed by atoms with Gasteiger partial charge in [0.15, 0.2) is 5.82 Å². The molecule has 0 unspecified atom stereocenters. The Morgan fingerprint density at radius 1 is 1.73 bits per heavy atom. The number of allylic oxidation sites excluding steroid dienone is 1. The number of hydrogen-bond donors (Lipinski definition) is 2. The van der Waals surface area contributed by atoms with E-state index in [4.69, 9.17) is 0 Å². The van der Waals surface area contributed by atoms with E-state index < -0.39 is 0 Å². The summed E-state index contributed by atoms with van der Waals surface area (Å²) in [6, 6.07) is 0. The molecule has 0 spiro atoms. The fourth-order valence-corrected chi connectivity index (χ4v) is 0.559. The molecule has 0 aliphatic rings. The van der Waals surface area contributed by atoms with Crippen LogP contribution >= 0.6 is 0 Å². The lowest BCUT2D eigenvalue weighted by Gasteiger charge is -1.92. The molecule has 0 radical (unpaired) electrons. The number of H-pyrrole nitrogens is 1. The average molecular weight is 153 g/mol. The van der Waals surface area contributed by atoms with Crippen molar-refractivity contribution in [3.05, 3.63) is 11.5 Å². The van der Waals surface area contributed by atoms with Crippen LogP contribution < -0.4 is 5.32 Å². The number of rotatable bonds is 3. The van der Waals surface area contributed by atoms with Gasteiger partial charge in [-0.25, -0.2) is 0 Å². The molecule has 0 aromatic carbocycles. The molecule has 2 N–H and O–H groups in total. The van der Waals surface area contributed by atoms with Crippen molar-refractivity contribution >= 4 is 12.5 Å². The number of aromatic nitrogens is 4. The van der Waals surface area contributed by atoms with Crippen LogP contribution in [0.2, 0.25) is 0 Å². The van der Waals surface area contributed by atoms with Crippen LogP contribution in [-0.4, -0.2) is 27.0 Å². The van der Waals surface area contributed by atoms with Crippen molar-refractivity contribution < 1.29 is 4.79 Å². The molecule has 58 valence electrons. The van der Waals surface area contributed by atoms with E-state index in [0.29, 0.717) is 17.9 Å². The van der Waals surface area contributed by atoms with Gasteiger partial charge in [0.25, 0.3) is 0 Å². The first-order chi connectivity index (χ1) is 5.33. The molecule has 0 aliphatic heterocycles. The number of nitrogens with one attached hydrogen (secondary N) is 2. The van der Waals surface area contributed by atoms with E-state index in [1.165, 1.54) is 0 Å². The molecule has 1 rings (SSSR count). The number of amides is 1. The summed E-state index contributed by atoms with van der Waals surface area (Å²) < 4.78 is 0. The van der Waals surface area contributed by atoms with E-state index in [9.17, 15) is 4.79 Å². The van der Waals surface area contributed by atoms with Gasteiger partial charge < -0.3 is 5.32 Å². The monoisotopic (exact) mass is 153 g/mol. The first-order valence-corrected chi connectivity index (χ1v) is 2.95. The Morgan fingerprint density at radius 3 is 3.09 bits per heavy atom. The zero-order chi connectivity index (χ0) is 8.10. The number of nitrogens with zero attached hydrogens (tertiary/aromatic N) is 3. The van der Waals surface area contributed by atoms with Gasteiger partial charge in [-0.05, 0) is 12.1 Å². The van der Waals surface area contributed by atoms with Gasteiger partial charge in [-0.3, -0.25) is 4.79 Å². The van der Waals surface area contributed by atoms with Crippen LogP contribution in [-0.2, 0) is 4.79 Å². The fraction of sp³-hybridized carbons (Fsp3) is 0.200. The first-order valence-electron chi connectivity index (χ1n) is 2.95. The maximum Gasteiger partial charge on any atom is 0.211 e. The molecule has 0 saturated carbocycles. The van der Waals surface area contributed by atoms with Gasteiger partial charge in [-0.2, -0.15) is 5.21 Å². The third kappa shape index (κ3) is 2.17. The Morgan fingerprint density at radius 2 is 2.55 bits per heavy atom. The van der Waals surface area contributed by atoms with Crippen LogP contribution in [0.4, 0.5) is 0 Å². The summed E-state index contributed by atoms with van der Waals surface area (Å²) in [5.41, 5.74) is 0.668. The van der Waals surface area contributed by atoms with Crippen molar-refractivity contribution in [1.29, 1.82) is 0 Å². The zero-order valence-electron chi connectivity index (χ0n) is 5.90. The highest BCUT2D eigenvalue weighted by Crippen LogP contribution is 1.92. The van der Waals surface area contributed by atoms with Crippen LogP contribution in [0.5, 0.6) is 0 Å². The second kappa shape index (κ2) is 3.45. The molecular weight excluding hydrogens is 146 g/mol. The second-order valence-electron chi connectivity index (χ2n) is 1.86. The average Bonchev–Trinajstić information content (AvgIpc) is 2.40. The molecule has 1 aromatic rings. The molecule has 0 saturated heterocycles. The lowest BCUT2D eigenvalue weighted by atomic mass is 10.4. The lowest BCUT2D eigenvalue weighted by molar-refractivity contribution is -0.108. The normalized spacial score (nSPS) is 11.2. The minimum Gasteiger partial charge on any atom is -0.333 e. The number of carbonyl (C=O) groups excluding carboxylic acids is 1. The van der Waals surface area contributed by atoms with Crippen molar-refractivity contribution in [3.63, 3.8) is 0 Å². The number of hydrogen-bond acceptors (Lipinski definition) is 4. The van der Waals surface area contributed by atoms with E-state index in [1.54, 1.807) is 13.0 Å². The SMILES string of the molecule is CC(=Cc1nn[nH]n1)NC=O. The highest BCUT2D eigenvalue weighted by Gasteiger charge is 1.92. The molecule has 0 atom stereocenters. The van der Waals surface area contributed by atoms with E-state index in [0.717, 1.165) is 0 Å². The number of aromatic amines is 1. The van der Waals surface area contributed by atoms with Gasteiger partial charge >= 0.3 is 0 Å². The second-order valence-corrected chi connectivity index (χ2v) is 1.86. The third-order valence-corrected chi connectivity index (χ3v) is 0.994. The Hall–Kier alpha value is -1.72. The molecule has 6 heteroatoms. The molecule has 0 fully saturated rings. The molecule has 1 heterocycles. The van der Waals surface area contributed by atoms with E-state index in [2.05, 4.69) is 25.9 Å². The topological polar surface area (TPSA) is 83.6 Å². The first kappa shape index (κ1) is 7.39. The van der Waals surface area contributed by atoms with Crippen LogP contribution in [0.3, 0.4) is 0 Å². The highest BCUT2D eigenvalue weighted by molar-refractivity contribution is 5.55. The van der Waals surface area contributed by atoms with Gasteiger partial charge in [-0.1, -0.05) is 0 Å². The van der Waals surface area contributed by atoms with Crippen LogP contribution in [0, 0.1) is 0 Å². The summed E-state index contributed by atoms with van der Waals surface area (Å²) in [5, 5.41) is 15.4. The molecule has 6 nitrogen and oxygen atoms in total. The molecule has 1 aromatic heterocycles. The van der Waals surface area contributed by atoms with E-state index in [-0.39, 0.29) is 0 Å². The third-order valence-electron chi connectivity index (χ3n) is 0.994. The van der Waals surface area contributed by atoms with Gasteiger partial charge in [0, 0.05) is 11.8 Å². The van der Waals surface area contributed by atoms with Gasteiger partial charge in [-0.15, -0.1) is 10.2 Å². The molecule has 11 heavy (non-hydrogen) atoms. The quantitative estimate of drug-likeness (QED) is 0.563. The summed E-state index contributed by atoms with van der Waals surface area (Å²) in [4.78, 5) is 9.93. The van der Waals surface area contributed by atoms with Gasteiger partial charge in [0.05, 0.1) is 0 Å². The maximum absolute atomic E-state index is 9.93. The smallest absolute Gasteiger partial charge is 0.211 e. The van der Waals surface area contributed by atoms with Crippen LogP contribution in [0.15, 0.2) is 5.70 Å². The standard InChI is InChI=1S/C5H7N5O/c1-4(6-3-11)2-5-7-9-10-8-5/h2-3H,1H3,(H,6,11)(H,7,8,9,10). The Balaban J connectivity index is 2.65. The lowest BCUT2D eigenvalue weighted by Crippen LogP contribution is -2.06. The largest absolute Gasteiger partial charge is 0.333 e. The minimum absolute atomic E-state index is 0.442. The van der Waals surface area contributed by atoms with Gasteiger partial charge in [0.1, 0.15) is 0 Å². The maximum atomic E-state index is 9.93. The van der Waals surface area contributed by atoms with Crippen molar-refractivity contribution in [3.8, 4) is 0 Å². The summed E-state index contributed by atoms with van der Waals surface area (Å²) in [6.45, 7) is 1.73. The van der Waals surface area contributed by atoms with Crippen LogP contribution in [0.1, 0.15) is 12.7 Å². The fourth-order valence-electron chi connectivity index (χ4n) is 0.559. The Bertz CT molecular complexity index is 252. The van der Waals surface area contributed by atoms with Crippen molar-refractivity contribution in [2.24, 2.45) is 0 Å². The number of carbonyl (C=O) groups is 1. The highest BCUT2D eigenvalue weighted by atomic mass is 16.1. The van der Waals surface area contributed by atoms with Gasteiger partial charge in [0.2, 0.25) is 6.41 Å². The molecular formula is C5H7N5O. The predicted octanol–water partition coefficient (Wildman–Crippen LogP) is -0.694. The molecule has 0 bridgehead atoms. The minimum atomic E-state index is 0.442.